The monoisotopic (exact) mass is 310 g/mol. The maximum atomic E-state index is 12.7. The summed E-state index contributed by atoms with van der Waals surface area (Å²) < 4.78 is 5.08. The number of hydrogen-bond acceptors (Lipinski definition) is 5. The molecule has 1 saturated heterocycles. The van der Waals surface area contributed by atoms with Crippen molar-refractivity contribution in [3.8, 4) is 0 Å². The molecule has 1 aromatic rings. The Labute approximate surface area is 126 Å². The van der Waals surface area contributed by atoms with Crippen molar-refractivity contribution in [2.75, 3.05) is 5.75 Å². The fraction of sp³-hybridized carbons (Fsp3) is 0.643. The number of hydrogen-bond donors (Lipinski definition) is 1. The minimum absolute atomic E-state index is 0.0130. The van der Waals surface area contributed by atoms with E-state index >= 15 is 0 Å². The lowest BCUT2D eigenvalue weighted by molar-refractivity contribution is -0.149. The molecule has 2 atom stereocenters. The number of aryl methyl sites for hydroxylation is 2. The summed E-state index contributed by atoms with van der Waals surface area (Å²) in [7, 11) is 0. The maximum Gasteiger partial charge on any atom is 0.327 e. The molecule has 1 amide bonds. The number of carbonyl (C=O) groups excluding carboxylic acids is 1. The van der Waals surface area contributed by atoms with E-state index in [1.54, 1.807) is 30.5 Å². The molecule has 1 aliphatic carbocycles. The Balaban J connectivity index is 1.81. The van der Waals surface area contributed by atoms with Gasteiger partial charge in [0, 0.05) is 11.3 Å². The van der Waals surface area contributed by atoms with Gasteiger partial charge in [0.2, 0.25) is 5.91 Å². The molecule has 1 saturated carbocycles. The molecule has 2 unspecified atom stereocenters. The highest BCUT2D eigenvalue weighted by atomic mass is 32.2. The molecule has 1 aliphatic heterocycles. The Kier molecular flexibility index (Phi) is 3.69. The van der Waals surface area contributed by atoms with Crippen LogP contribution in [-0.2, 0) is 16.0 Å². The van der Waals surface area contributed by atoms with Crippen LogP contribution in [0.25, 0.3) is 0 Å². The van der Waals surface area contributed by atoms with Gasteiger partial charge in [0.05, 0.1) is 17.5 Å². The van der Waals surface area contributed by atoms with E-state index in [0.29, 0.717) is 23.1 Å². The summed E-state index contributed by atoms with van der Waals surface area (Å²) >= 11 is 1.59. The van der Waals surface area contributed by atoms with Gasteiger partial charge >= 0.3 is 5.97 Å². The highest BCUT2D eigenvalue weighted by molar-refractivity contribution is 8.00. The summed E-state index contributed by atoms with van der Waals surface area (Å²) in [6.45, 7) is 3.57. The Bertz CT molecular complexity index is 562. The topological polar surface area (TPSA) is 83.6 Å². The molecule has 114 valence electrons. The predicted molar refractivity (Wildman–Crippen MR) is 76.9 cm³/mol. The molecule has 6 nitrogen and oxygen atoms in total. The normalized spacial score (nSPS) is 25.3. The molecular weight excluding hydrogens is 292 g/mol. The smallest absolute Gasteiger partial charge is 0.327 e. The largest absolute Gasteiger partial charge is 0.480 e. The number of carbonyl (C=O) groups is 2. The van der Waals surface area contributed by atoms with Crippen LogP contribution in [0.5, 0.6) is 0 Å². The van der Waals surface area contributed by atoms with Crippen LogP contribution >= 0.6 is 11.8 Å². The Hall–Kier alpha value is -1.50. The van der Waals surface area contributed by atoms with Crippen molar-refractivity contribution >= 4 is 23.6 Å². The summed E-state index contributed by atoms with van der Waals surface area (Å²) in [5, 5.41) is 13.2. The number of carboxylic acids is 1. The summed E-state index contributed by atoms with van der Waals surface area (Å²) in [4.78, 5) is 25.6. The van der Waals surface area contributed by atoms with E-state index in [4.69, 9.17) is 4.52 Å². The molecule has 1 N–H and O–H groups in total. The summed E-state index contributed by atoms with van der Waals surface area (Å²) in [6.07, 6.45) is 2.33. The van der Waals surface area contributed by atoms with E-state index in [9.17, 15) is 14.7 Å². The minimum atomic E-state index is -0.919. The zero-order valence-electron chi connectivity index (χ0n) is 12.0. The van der Waals surface area contributed by atoms with Gasteiger partial charge < -0.3 is 14.5 Å². The first-order valence-electron chi connectivity index (χ1n) is 7.06. The lowest BCUT2D eigenvalue weighted by atomic mass is 10.1. The quantitative estimate of drug-likeness (QED) is 0.909. The highest BCUT2D eigenvalue weighted by Crippen LogP contribution is 2.45. The van der Waals surface area contributed by atoms with Crippen molar-refractivity contribution in [2.45, 2.75) is 44.5 Å². The first-order chi connectivity index (χ1) is 9.99. The predicted octanol–water partition coefficient (Wildman–Crippen LogP) is 1.60. The third kappa shape index (κ3) is 2.66. The lowest BCUT2D eigenvalue weighted by Gasteiger charge is -2.27. The number of rotatable bonds is 4. The van der Waals surface area contributed by atoms with Gasteiger partial charge in [-0.1, -0.05) is 5.16 Å². The van der Waals surface area contributed by atoms with Crippen LogP contribution in [0, 0.1) is 19.8 Å². The molecule has 0 aromatic carbocycles. The van der Waals surface area contributed by atoms with Crippen LogP contribution in [0.15, 0.2) is 4.52 Å². The second-order valence-corrected chi connectivity index (χ2v) is 6.85. The Morgan fingerprint density at radius 1 is 1.43 bits per heavy atom. The minimum Gasteiger partial charge on any atom is -0.480 e. The molecular formula is C14H18N2O4S. The third-order valence-electron chi connectivity index (χ3n) is 4.14. The van der Waals surface area contributed by atoms with Crippen LogP contribution in [0.2, 0.25) is 0 Å². The van der Waals surface area contributed by atoms with Crippen LogP contribution < -0.4 is 0 Å². The van der Waals surface area contributed by atoms with Gasteiger partial charge in [-0.25, -0.2) is 4.79 Å². The van der Waals surface area contributed by atoms with E-state index in [-0.39, 0.29) is 17.7 Å². The second kappa shape index (κ2) is 5.36. The zero-order chi connectivity index (χ0) is 15.1. The van der Waals surface area contributed by atoms with E-state index in [1.165, 1.54) is 0 Å². The van der Waals surface area contributed by atoms with Crippen molar-refractivity contribution in [1.82, 2.24) is 10.1 Å². The average Bonchev–Trinajstić information content (AvgIpc) is 3.11. The third-order valence-corrected chi connectivity index (χ3v) is 5.60. The summed E-state index contributed by atoms with van der Waals surface area (Å²) in [5.74, 6) is 0.496. The van der Waals surface area contributed by atoms with Crippen molar-refractivity contribution < 1.29 is 19.2 Å². The lowest BCUT2D eigenvalue weighted by Crippen LogP contribution is -2.47. The van der Waals surface area contributed by atoms with Crippen LogP contribution in [0.4, 0.5) is 0 Å². The number of aliphatic carboxylic acids is 1. The number of nitrogens with zero attached hydrogens (tertiary/aromatic N) is 2. The van der Waals surface area contributed by atoms with Crippen LogP contribution in [0.3, 0.4) is 0 Å². The van der Waals surface area contributed by atoms with Crippen molar-refractivity contribution in [3.63, 3.8) is 0 Å². The summed E-state index contributed by atoms with van der Waals surface area (Å²) in [5.41, 5.74) is 1.47. The second-order valence-electron chi connectivity index (χ2n) is 5.70. The maximum absolute atomic E-state index is 12.7. The van der Waals surface area contributed by atoms with Crippen molar-refractivity contribution in [2.24, 2.45) is 5.92 Å². The molecule has 3 rings (SSSR count). The number of carboxylic acid groups (broad SMARTS) is 1. The van der Waals surface area contributed by atoms with Gasteiger partial charge in [-0.2, -0.15) is 0 Å². The van der Waals surface area contributed by atoms with E-state index < -0.39 is 12.0 Å². The molecule has 7 heteroatoms. The fourth-order valence-corrected chi connectivity index (χ4v) is 4.43. The molecule has 21 heavy (non-hydrogen) atoms. The molecule has 0 radical (unpaired) electrons. The van der Waals surface area contributed by atoms with Gasteiger partial charge in [0.1, 0.15) is 11.8 Å². The number of amides is 1. The van der Waals surface area contributed by atoms with Gasteiger partial charge in [0.25, 0.3) is 0 Å². The highest BCUT2D eigenvalue weighted by Gasteiger charge is 2.47. The molecule has 0 bridgehead atoms. The number of thioether (sulfide) groups is 1. The van der Waals surface area contributed by atoms with E-state index in [0.717, 1.165) is 18.4 Å². The Morgan fingerprint density at radius 3 is 2.67 bits per heavy atom. The van der Waals surface area contributed by atoms with Crippen LogP contribution in [0.1, 0.15) is 29.9 Å². The standard InChI is InChI=1S/C14H18N2O4S/c1-7-10(8(2)20-15-7)5-12(17)16-11(14(18)19)6-21-13(16)9-3-4-9/h9,11,13H,3-6H2,1-2H3,(H,18,19). The molecule has 2 aliphatic rings. The molecule has 0 spiro atoms. The SMILES string of the molecule is Cc1noc(C)c1CC(=O)N1C(C(=O)O)CSC1C1CC1. The number of aromatic nitrogens is 1. The molecule has 2 fully saturated rings. The van der Waals surface area contributed by atoms with E-state index in [2.05, 4.69) is 5.16 Å². The molecule has 2 heterocycles. The van der Waals surface area contributed by atoms with Gasteiger partial charge in [0.15, 0.2) is 0 Å². The Morgan fingerprint density at radius 2 is 2.14 bits per heavy atom. The first kappa shape index (κ1) is 14.4. The van der Waals surface area contributed by atoms with Gasteiger partial charge in [-0.15, -0.1) is 11.8 Å². The average molecular weight is 310 g/mol. The van der Waals surface area contributed by atoms with Gasteiger partial charge in [-0.05, 0) is 32.6 Å². The van der Waals surface area contributed by atoms with Crippen molar-refractivity contribution in [1.29, 1.82) is 0 Å². The fourth-order valence-electron chi connectivity index (χ4n) is 2.78. The van der Waals surface area contributed by atoms with Gasteiger partial charge in [-0.3, -0.25) is 4.79 Å². The molecule has 1 aromatic heterocycles. The summed E-state index contributed by atoms with van der Waals surface area (Å²) in [6, 6.07) is -0.714. The van der Waals surface area contributed by atoms with E-state index in [1.807, 2.05) is 0 Å². The van der Waals surface area contributed by atoms with Crippen molar-refractivity contribution in [3.05, 3.63) is 17.0 Å². The van der Waals surface area contributed by atoms with Crippen LogP contribution in [-0.4, -0.2) is 44.2 Å². The zero-order valence-corrected chi connectivity index (χ0v) is 12.9. The first-order valence-corrected chi connectivity index (χ1v) is 8.11.